The molecular formula is H2FeO3+3. The van der Waals surface area contributed by atoms with E-state index in [1.54, 1.807) is 0 Å². The van der Waals surface area contributed by atoms with Crippen molar-refractivity contribution in [2.45, 2.75) is 0 Å². The van der Waals surface area contributed by atoms with Gasteiger partial charge in [-0.3, -0.25) is 0 Å². The molecule has 0 unspecified atom stereocenters. The van der Waals surface area contributed by atoms with Crippen molar-refractivity contribution in [2.24, 2.45) is 0 Å². The van der Waals surface area contributed by atoms with Crippen LogP contribution in [0.15, 0.2) is 0 Å². The molecule has 0 aromatic carbocycles. The number of hydrogen-bond donors (Lipinski definition) is 2. The van der Waals surface area contributed by atoms with Gasteiger partial charge in [-0.1, -0.05) is 5.04 Å². The Labute approximate surface area is 33.5 Å². The van der Waals surface area contributed by atoms with E-state index in [-0.39, 0.29) is 17.1 Å². The van der Waals surface area contributed by atoms with E-state index in [2.05, 4.69) is 5.04 Å². The predicted octanol–water partition coefficient (Wildman–Crippen LogP) is -0.0535. The first-order valence-electron chi connectivity index (χ1n) is 0.365. The van der Waals surface area contributed by atoms with Gasteiger partial charge in [0.2, 0.25) is 0 Å². The molecule has 0 aliphatic rings. The fraction of sp³-hybridized carbons (Fsp3) is 0. The van der Waals surface area contributed by atoms with Crippen LogP contribution in [0.1, 0.15) is 0 Å². The Morgan fingerprint density at radius 3 is 1.25 bits per heavy atom. The zero-order chi connectivity index (χ0) is 2.71. The summed E-state index contributed by atoms with van der Waals surface area (Å²) < 4.78 is 0. The largest absolute Gasteiger partial charge is 3.00 e. The SMILES string of the molecule is OOO.[Fe+3]. The molecule has 4 heavy (non-hydrogen) atoms. The molecule has 0 rings (SSSR count). The Morgan fingerprint density at radius 2 is 1.25 bits per heavy atom. The van der Waals surface area contributed by atoms with Crippen LogP contribution in [0.25, 0.3) is 0 Å². The fourth-order valence-corrected chi connectivity index (χ4v) is 0. The summed E-state index contributed by atoms with van der Waals surface area (Å²) in [5.41, 5.74) is 0. The Balaban J connectivity index is 0. The van der Waals surface area contributed by atoms with Crippen LogP contribution in [0.2, 0.25) is 0 Å². The summed E-state index contributed by atoms with van der Waals surface area (Å²) in [6, 6.07) is 0. The quantitative estimate of drug-likeness (QED) is 0.258. The summed E-state index contributed by atoms with van der Waals surface area (Å²) in [6.45, 7) is 0. The summed E-state index contributed by atoms with van der Waals surface area (Å²) in [6.07, 6.45) is 0. The van der Waals surface area contributed by atoms with Crippen molar-refractivity contribution < 1.29 is 32.6 Å². The zero-order valence-corrected chi connectivity index (χ0v) is 2.76. The van der Waals surface area contributed by atoms with Crippen molar-refractivity contribution in [3.63, 3.8) is 0 Å². The van der Waals surface area contributed by atoms with E-state index in [9.17, 15) is 0 Å². The van der Waals surface area contributed by atoms with Gasteiger partial charge >= 0.3 is 17.1 Å². The maximum Gasteiger partial charge on any atom is 3.00 e. The fourth-order valence-electron chi connectivity index (χ4n) is 0. The van der Waals surface area contributed by atoms with Crippen LogP contribution < -0.4 is 0 Å². The van der Waals surface area contributed by atoms with Gasteiger partial charge in [0.25, 0.3) is 0 Å². The maximum atomic E-state index is 6.62. The average Bonchev–Trinajstić information content (AvgIpc) is 0.918. The van der Waals surface area contributed by atoms with Gasteiger partial charge in [0.1, 0.15) is 0 Å². The molecule has 25 valence electrons. The van der Waals surface area contributed by atoms with Gasteiger partial charge in [-0.2, -0.15) is 0 Å². The van der Waals surface area contributed by atoms with Crippen molar-refractivity contribution in [1.29, 1.82) is 0 Å². The maximum absolute atomic E-state index is 6.62. The smallest absolute Gasteiger partial charge is 0.221 e. The average molecular weight is 106 g/mol. The van der Waals surface area contributed by atoms with Crippen LogP contribution >= 0.6 is 0 Å². The van der Waals surface area contributed by atoms with E-state index in [0.717, 1.165) is 0 Å². The normalized spacial score (nSPS) is 4.50. The van der Waals surface area contributed by atoms with E-state index in [4.69, 9.17) is 10.5 Å². The van der Waals surface area contributed by atoms with Crippen LogP contribution in [-0.4, -0.2) is 10.5 Å². The minimum atomic E-state index is 0. The third kappa shape index (κ3) is 29.4. The molecule has 0 aliphatic heterocycles. The standard InChI is InChI=1S/Fe.H2O3/c;1-3-2/h;1-2H/q+3;. The predicted molar refractivity (Wildman–Crippen MR) is 6.34 cm³/mol. The molecule has 3 nitrogen and oxygen atoms in total. The van der Waals surface area contributed by atoms with E-state index in [1.807, 2.05) is 0 Å². The van der Waals surface area contributed by atoms with Crippen molar-refractivity contribution in [3.05, 3.63) is 0 Å². The molecule has 2 N–H and O–H groups in total. The second-order valence-electron chi connectivity index (χ2n) is 0.0816. The summed E-state index contributed by atoms with van der Waals surface area (Å²) in [7, 11) is 0. The summed E-state index contributed by atoms with van der Waals surface area (Å²) in [5.74, 6) is 0. The van der Waals surface area contributed by atoms with Crippen LogP contribution in [0, 0.1) is 0 Å². The van der Waals surface area contributed by atoms with Crippen LogP contribution in [0.3, 0.4) is 0 Å². The molecular weight excluding hydrogens is 104 g/mol. The second kappa shape index (κ2) is 9.99. The zero-order valence-electron chi connectivity index (χ0n) is 1.66. The topological polar surface area (TPSA) is 49.7 Å². The molecule has 0 aliphatic carbocycles. The van der Waals surface area contributed by atoms with Crippen molar-refractivity contribution in [2.75, 3.05) is 0 Å². The third-order valence-corrected chi connectivity index (χ3v) is 0. The molecule has 0 fully saturated rings. The third-order valence-electron chi connectivity index (χ3n) is 0. The number of hydrogen-bond acceptors (Lipinski definition) is 3. The first-order chi connectivity index (χ1) is 1.41. The first-order valence-corrected chi connectivity index (χ1v) is 0.365. The van der Waals surface area contributed by atoms with Gasteiger partial charge in [-0.25, -0.2) is 10.5 Å². The molecule has 0 atom stereocenters. The van der Waals surface area contributed by atoms with Crippen molar-refractivity contribution in [3.8, 4) is 0 Å². The minimum absolute atomic E-state index is 0. The molecule has 0 spiro atoms. The van der Waals surface area contributed by atoms with Gasteiger partial charge in [0, 0.05) is 0 Å². The van der Waals surface area contributed by atoms with Crippen molar-refractivity contribution >= 4 is 0 Å². The van der Waals surface area contributed by atoms with Crippen LogP contribution in [0.4, 0.5) is 0 Å². The van der Waals surface area contributed by atoms with E-state index in [1.165, 1.54) is 0 Å². The Morgan fingerprint density at radius 1 is 1.25 bits per heavy atom. The summed E-state index contributed by atoms with van der Waals surface area (Å²) in [5, 5.41) is 15.5. The van der Waals surface area contributed by atoms with Gasteiger partial charge in [0.15, 0.2) is 0 Å². The van der Waals surface area contributed by atoms with Crippen molar-refractivity contribution in [1.82, 2.24) is 0 Å². The van der Waals surface area contributed by atoms with E-state index < -0.39 is 0 Å². The Kier molecular flexibility index (Phi) is 22.1. The Hall–Kier alpha value is 0.399. The van der Waals surface area contributed by atoms with Gasteiger partial charge in [-0.15, -0.1) is 0 Å². The minimum Gasteiger partial charge on any atom is -0.221 e. The molecule has 4 heteroatoms. The van der Waals surface area contributed by atoms with E-state index >= 15 is 0 Å². The van der Waals surface area contributed by atoms with Gasteiger partial charge < -0.3 is 0 Å². The number of rotatable bonds is 0. The molecule has 0 saturated carbocycles. The summed E-state index contributed by atoms with van der Waals surface area (Å²) >= 11 is 0. The second-order valence-corrected chi connectivity index (χ2v) is 0.0816. The van der Waals surface area contributed by atoms with Crippen LogP contribution in [-0.2, 0) is 22.1 Å². The Bertz CT molecular complexity index is 3.25. The first kappa shape index (κ1) is 8.83. The molecule has 0 amide bonds. The van der Waals surface area contributed by atoms with Crippen LogP contribution in [0.5, 0.6) is 0 Å². The molecule has 0 aromatic heterocycles. The molecule has 0 heterocycles. The van der Waals surface area contributed by atoms with E-state index in [0.29, 0.717) is 0 Å². The molecule has 0 aromatic rings. The molecule has 0 saturated heterocycles. The summed E-state index contributed by atoms with van der Waals surface area (Å²) in [4.78, 5) is 0. The monoisotopic (exact) mass is 106 g/mol. The molecule has 0 bridgehead atoms. The molecule has 1 radical (unpaired) electrons. The van der Waals surface area contributed by atoms with Gasteiger partial charge in [0.05, 0.1) is 0 Å². The van der Waals surface area contributed by atoms with Gasteiger partial charge in [-0.05, 0) is 0 Å².